The molecule has 0 bridgehead atoms. The Labute approximate surface area is 157 Å². The van der Waals surface area contributed by atoms with E-state index in [0.29, 0.717) is 10.7 Å². The summed E-state index contributed by atoms with van der Waals surface area (Å²) in [5.74, 6) is -0.460. The third-order valence-corrected chi connectivity index (χ3v) is 4.03. The molecule has 26 heavy (non-hydrogen) atoms. The minimum absolute atomic E-state index is 0.122. The van der Waals surface area contributed by atoms with Gasteiger partial charge in [-0.1, -0.05) is 48.7 Å². The predicted octanol–water partition coefficient (Wildman–Crippen LogP) is 3.69. The Kier molecular flexibility index (Phi) is 6.31. The third kappa shape index (κ3) is 5.52. The Hall–Kier alpha value is -2.48. The first-order chi connectivity index (χ1) is 12.2. The van der Waals surface area contributed by atoms with E-state index in [0.717, 1.165) is 17.1 Å². The van der Waals surface area contributed by atoms with Crippen molar-refractivity contribution in [3.05, 3.63) is 30.3 Å². The summed E-state index contributed by atoms with van der Waals surface area (Å²) in [6, 6.07) is 8.73. The molecule has 2 rings (SSSR count). The van der Waals surface area contributed by atoms with Crippen molar-refractivity contribution < 1.29 is 14.3 Å². The van der Waals surface area contributed by atoms with Crippen molar-refractivity contribution in [2.45, 2.75) is 46.3 Å². The molecule has 0 saturated carbocycles. The summed E-state index contributed by atoms with van der Waals surface area (Å²) in [5.41, 5.74) is 0.825. The van der Waals surface area contributed by atoms with Gasteiger partial charge in [-0.25, -0.2) is 4.79 Å². The van der Waals surface area contributed by atoms with Gasteiger partial charge in [0.05, 0.1) is 0 Å². The van der Waals surface area contributed by atoms with Gasteiger partial charge in [-0.3, -0.25) is 4.79 Å². The summed E-state index contributed by atoms with van der Waals surface area (Å²) in [4.78, 5) is 24.7. The summed E-state index contributed by atoms with van der Waals surface area (Å²) in [7, 11) is 0. The van der Waals surface area contributed by atoms with Crippen LogP contribution in [0.5, 0.6) is 0 Å². The molecule has 0 aliphatic heterocycles. The molecule has 1 atom stereocenters. The lowest BCUT2D eigenvalue weighted by molar-refractivity contribution is -0.119. The van der Waals surface area contributed by atoms with Crippen molar-refractivity contribution in [3.63, 3.8) is 0 Å². The van der Waals surface area contributed by atoms with E-state index in [2.05, 4.69) is 20.2 Å². The second kappa shape index (κ2) is 8.27. The van der Waals surface area contributed by atoms with Crippen LogP contribution >= 0.6 is 11.5 Å². The highest BCUT2D eigenvalue weighted by Crippen LogP contribution is 2.28. The zero-order chi connectivity index (χ0) is 19.3. The number of anilines is 1. The van der Waals surface area contributed by atoms with Gasteiger partial charge < -0.3 is 15.4 Å². The molecule has 0 aliphatic rings. The molecule has 0 aliphatic carbocycles. The first kappa shape index (κ1) is 19.8. The average molecular weight is 376 g/mol. The van der Waals surface area contributed by atoms with Crippen LogP contribution in [0.4, 0.5) is 9.80 Å². The van der Waals surface area contributed by atoms with Crippen molar-refractivity contribution in [2.75, 3.05) is 5.32 Å². The normalized spacial score (nSPS) is 12.5. The minimum Gasteiger partial charge on any atom is -0.444 e. The van der Waals surface area contributed by atoms with Crippen molar-refractivity contribution in [3.8, 4) is 11.3 Å². The number of hydrogen-bond acceptors (Lipinski definition) is 6. The van der Waals surface area contributed by atoms with Crippen molar-refractivity contribution in [2.24, 2.45) is 5.92 Å². The molecule has 0 fully saturated rings. The van der Waals surface area contributed by atoms with E-state index < -0.39 is 17.7 Å². The SMILES string of the molecule is CC(C)[C@H](NC(=O)OC(C)(C)C)C(=O)Nc1snnc1-c1ccccc1. The number of aromatic nitrogens is 2. The molecule has 2 aromatic rings. The second-order valence-electron chi connectivity index (χ2n) is 7.17. The number of ether oxygens (including phenoxy) is 1. The standard InChI is InChI=1S/C18H24N4O3S/c1-11(2)13(19-17(24)25-18(3,4)5)15(23)20-16-14(21-22-26-16)12-9-7-6-8-10-12/h6-11,13H,1-5H3,(H,19,24)(H,20,23)/t13-/m0/s1. The van der Waals surface area contributed by atoms with Crippen LogP contribution in [0, 0.1) is 5.92 Å². The van der Waals surface area contributed by atoms with Gasteiger partial charge in [0.2, 0.25) is 5.91 Å². The Morgan fingerprint density at radius 1 is 1.15 bits per heavy atom. The molecule has 0 saturated heterocycles. The molecule has 1 heterocycles. The van der Waals surface area contributed by atoms with Crippen LogP contribution in [0.15, 0.2) is 30.3 Å². The van der Waals surface area contributed by atoms with E-state index in [9.17, 15) is 9.59 Å². The van der Waals surface area contributed by atoms with Gasteiger partial charge in [0.15, 0.2) is 0 Å². The van der Waals surface area contributed by atoms with Gasteiger partial charge in [-0.05, 0) is 26.7 Å². The lowest BCUT2D eigenvalue weighted by Gasteiger charge is -2.25. The summed E-state index contributed by atoms with van der Waals surface area (Å²) >= 11 is 1.09. The van der Waals surface area contributed by atoms with Gasteiger partial charge in [0, 0.05) is 17.1 Å². The predicted molar refractivity (Wildman–Crippen MR) is 102 cm³/mol. The molecule has 2 N–H and O–H groups in total. The molecule has 1 aromatic heterocycles. The number of rotatable bonds is 5. The largest absolute Gasteiger partial charge is 0.444 e. The molecular formula is C18H24N4O3S. The van der Waals surface area contributed by atoms with Gasteiger partial charge >= 0.3 is 6.09 Å². The first-order valence-electron chi connectivity index (χ1n) is 8.35. The molecule has 1 aromatic carbocycles. The first-order valence-corrected chi connectivity index (χ1v) is 9.13. The quantitative estimate of drug-likeness (QED) is 0.830. The van der Waals surface area contributed by atoms with Crippen LogP contribution < -0.4 is 10.6 Å². The Morgan fingerprint density at radius 3 is 2.38 bits per heavy atom. The highest BCUT2D eigenvalue weighted by Gasteiger charge is 2.28. The molecule has 0 unspecified atom stereocenters. The van der Waals surface area contributed by atoms with Crippen LogP contribution in [-0.4, -0.2) is 33.2 Å². The number of amides is 2. The molecule has 0 radical (unpaired) electrons. The maximum atomic E-state index is 12.7. The number of carbonyl (C=O) groups excluding carboxylic acids is 2. The van der Waals surface area contributed by atoms with E-state index >= 15 is 0 Å². The van der Waals surface area contributed by atoms with E-state index in [1.807, 2.05) is 44.2 Å². The van der Waals surface area contributed by atoms with Gasteiger partial charge in [0.1, 0.15) is 22.3 Å². The van der Waals surface area contributed by atoms with E-state index in [1.165, 1.54) is 0 Å². The van der Waals surface area contributed by atoms with E-state index in [1.54, 1.807) is 20.8 Å². The second-order valence-corrected chi connectivity index (χ2v) is 7.93. The molecule has 0 spiro atoms. The zero-order valence-electron chi connectivity index (χ0n) is 15.6. The summed E-state index contributed by atoms with van der Waals surface area (Å²) < 4.78 is 9.17. The number of alkyl carbamates (subject to hydrolysis) is 1. The molecule has 8 heteroatoms. The Bertz CT molecular complexity index is 753. The van der Waals surface area contributed by atoms with Crippen molar-refractivity contribution in [1.29, 1.82) is 0 Å². The number of nitrogens with zero attached hydrogens (tertiary/aromatic N) is 2. The monoisotopic (exact) mass is 376 g/mol. The summed E-state index contributed by atoms with van der Waals surface area (Å²) in [6.07, 6.45) is -0.628. The number of carbonyl (C=O) groups is 2. The minimum atomic E-state index is -0.740. The Balaban J connectivity index is 2.12. The highest BCUT2D eigenvalue weighted by atomic mass is 32.1. The van der Waals surface area contributed by atoms with Crippen LogP contribution in [0.3, 0.4) is 0 Å². The smallest absolute Gasteiger partial charge is 0.408 e. The third-order valence-electron chi connectivity index (χ3n) is 3.39. The van der Waals surface area contributed by atoms with Crippen LogP contribution in [0.1, 0.15) is 34.6 Å². The fourth-order valence-electron chi connectivity index (χ4n) is 2.22. The summed E-state index contributed by atoms with van der Waals surface area (Å²) in [5, 5.41) is 10.1. The maximum absolute atomic E-state index is 12.7. The highest BCUT2D eigenvalue weighted by molar-refractivity contribution is 7.10. The van der Waals surface area contributed by atoms with Crippen LogP contribution in [0.25, 0.3) is 11.3 Å². The molecule has 7 nitrogen and oxygen atoms in total. The van der Waals surface area contributed by atoms with Crippen molar-refractivity contribution >= 4 is 28.5 Å². The van der Waals surface area contributed by atoms with E-state index in [-0.39, 0.29) is 11.8 Å². The maximum Gasteiger partial charge on any atom is 0.408 e. The topological polar surface area (TPSA) is 93.2 Å². The van der Waals surface area contributed by atoms with Crippen LogP contribution in [-0.2, 0) is 9.53 Å². The van der Waals surface area contributed by atoms with Gasteiger partial charge in [0.25, 0.3) is 0 Å². The number of benzene rings is 1. The molecular weight excluding hydrogens is 352 g/mol. The molecule has 140 valence electrons. The van der Waals surface area contributed by atoms with Crippen LogP contribution in [0.2, 0.25) is 0 Å². The number of nitrogens with one attached hydrogen (secondary N) is 2. The van der Waals surface area contributed by atoms with E-state index in [4.69, 9.17) is 4.74 Å². The average Bonchev–Trinajstić information content (AvgIpc) is 2.99. The van der Waals surface area contributed by atoms with Gasteiger partial charge in [-0.15, -0.1) is 5.10 Å². The lowest BCUT2D eigenvalue weighted by atomic mass is 10.0. The Morgan fingerprint density at radius 2 is 1.81 bits per heavy atom. The fourth-order valence-corrected chi connectivity index (χ4v) is 2.81. The summed E-state index contributed by atoms with van der Waals surface area (Å²) in [6.45, 7) is 9.01. The lowest BCUT2D eigenvalue weighted by Crippen LogP contribution is -2.48. The number of hydrogen-bond donors (Lipinski definition) is 2. The van der Waals surface area contributed by atoms with Crippen molar-refractivity contribution in [1.82, 2.24) is 14.9 Å². The zero-order valence-corrected chi connectivity index (χ0v) is 16.4. The fraction of sp³-hybridized carbons (Fsp3) is 0.444. The molecule has 2 amide bonds. The van der Waals surface area contributed by atoms with Gasteiger partial charge in [-0.2, -0.15) is 0 Å².